The highest BCUT2D eigenvalue weighted by atomic mass is 15.3. The topological polar surface area (TPSA) is 29.9 Å². The molecular formula is C15H19N3. The van der Waals surface area contributed by atoms with Gasteiger partial charge in [-0.3, -0.25) is 0 Å². The average molecular weight is 241 g/mol. The summed E-state index contributed by atoms with van der Waals surface area (Å²) in [6, 6.07) is 10.6. The van der Waals surface area contributed by atoms with Crippen LogP contribution in [-0.4, -0.2) is 21.9 Å². The van der Waals surface area contributed by atoms with Crippen LogP contribution in [0, 0.1) is 0 Å². The highest BCUT2D eigenvalue weighted by molar-refractivity contribution is 5.34. The van der Waals surface area contributed by atoms with E-state index >= 15 is 0 Å². The van der Waals surface area contributed by atoms with Crippen LogP contribution in [0.25, 0.3) is 5.69 Å². The molecule has 1 aromatic carbocycles. The highest BCUT2D eigenvalue weighted by Gasteiger charge is 2.27. The zero-order valence-corrected chi connectivity index (χ0v) is 10.8. The molecule has 1 saturated heterocycles. The fourth-order valence-corrected chi connectivity index (χ4v) is 2.75. The van der Waals surface area contributed by atoms with E-state index in [0.29, 0.717) is 0 Å². The van der Waals surface area contributed by atoms with Gasteiger partial charge in [0.1, 0.15) is 0 Å². The maximum Gasteiger partial charge on any atom is 0.0645 e. The Kier molecular flexibility index (Phi) is 2.92. The Morgan fingerprint density at radius 3 is 2.78 bits per heavy atom. The lowest BCUT2D eigenvalue weighted by Crippen LogP contribution is -2.38. The zero-order chi connectivity index (χ0) is 12.4. The van der Waals surface area contributed by atoms with Gasteiger partial charge in [-0.2, -0.15) is 5.10 Å². The van der Waals surface area contributed by atoms with Crippen LogP contribution in [0.3, 0.4) is 0 Å². The van der Waals surface area contributed by atoms with Crippen molar-refractivity contribution in [2.75, 3.05) is 6.54 Å². The van der Waals surface area contributed by atoms with Crippen molar-refractivity contribution in [3.8, 4) is 5.69 Å². The van der Waals surface area contributed by atoms with Crippen LogP contribution in [0.5, 0.6) is 0 Å². The Morgan fingerprint density at radius 2 is 2.17 bits per heavy atom. The van der Waals surface area contributed by atoms with Gasteiger partial charge in [-0.15, -0.1) is 0 Å². The molecule has 1 unspecified atom stereocenters. The minimum absolute atomic E-state index is 0.285. The first kappa shape index (κ1) is 11.5. The van der Waals surface area contributed by atoms with Crippen LogP contribution >= 0.6 is 0 Å². The molecule has 3 heteroatoms. The van der Waals surface area contributed by atoms with E-state index in [4.69, 9.17) is 0 Å². The Labute approximate surface area is 108 Å². The summed E-state index contributed by atoms with van der Waals surface area (Å²) >= 11 is 0. The van der Waals surface area contributed by atoms with E-state index in [1.807, 2.05) is 16.9 Å². The number of nitrogens with zero attached hydrogens (tertiary/aromatic N) is 2. The molecule has 2 aromatic rings. The predicted octanol–water partition coefficient (Wildman–Crippen LogP) is 2.56. The molecule has 3 rings (SSSR count). The van der Waals surface area contributed by atoms with Gasteiger partial charge in [0.15, 0.2) is 0 Å². The number of rotatable bonds is 3. The summed E-state index contributed by atoms with van der Waals surface area (Å²) in [4.78, 5) is 0. The van der Waals surface area contributed by atoms with Gasteiger partial charge in [-0.05, 0) is 56.5 Å². The number of aromatic nitrogens is 2. The van der Waals surface area contributed by atoms with E-state index in [2.05, 4.69) is 41.6 Å². The first-order chi connectivity index (χ1) is 8.75. The third kappa shape index (κ3) is 2.31. The van der Waals surface area contributed by atoms with Gasteiger partial charge < -0.3 is 5.32 Å². The lowest BCUT2D eigenvalue weighted by Gasteiger charge is -2.24. The third-order valence-corrected chi connectivity index (χ3v) is 3.76. The second-order valence-electron chi connectivity index (χ2n) is 5.38. The van der Waals surface area contributed by atoms with Crippen molar-refractivity contribution >= 4 is 0 Å². The molecule has 0 aliphatic carbocycles. The standard InChI is InChI=1S/C15H19N3/c1-15(8-2-9-16-15)12-13-4-6-14(7-5-13)18-11-3-10-17-18/h3-7,10-11,16H,2,8-9,12H2,1H3. The Hall–Kier alpha value is -1.61. The maximum absolute atomic E-state index is 4.24. The Balaban J connectivity index is 1.75. The molecule has 18 heavy (non-hydrogen) atoms. The minimum atomic E-state index is 0.285. The largest absolute Gasteiger partial charge is 0.311 e. The van der Waals surface area contributed by atoms with E-state index in [1.54, 1.807) is 6.20 Å². The molecule has 1 aliphatic heterocycles. The predicted molar refractivity (Wildman–Crippen MR) is 72.9 cm³/mol. The van der Waals surface area contributed by atoms with Crippen molar-refractivity contribution < 1.29 is 0 Å². The van der Waals surface area contributed by atoms with Crippen molar-refractivity contribution in [2.24, 2.45) is 0 Å². The molecule has 0 bridgehead atoms. The van der Waals surface area contributed by atoms with Crippen molar-refractivity contribution in [1.29, 1.82) is 0 Å². The van der Waals surface area contributed by atoms with Crippen molar-refractivity contribution in [1.82, 2.24) is 15.1 Å². The van der Waals surface area contributed by atoms with Gasteiger partial charge in [0, 0.05) is 17.9 Å². The van der Waals surface area contributed by atoms with Gasteiger partial charge in [0.25, 0.3) is 0 Å². The summed E-state index contributed by atoms with van der Waals surface area (Å²) in [5.41, 5.74) is 2.80. The number of benzene rings is 1. The summed E-state index contributed by atoms with van der Waals surface area (Å²) in [5.74, 6) is 0. The highest BCUT2D eigenvalue weighted by Crippen LogP contribution is 2.23. The van der Waals surface area contributed by atoms with Crippen molar-refractivity contribution in [3.05, 3.63) is 48.3 Å². The SMILES string of the molecule is CC1(Cc2ccc(-n3cccn3)cc2)CCCN1. The first-order valence-corrected chi connectivity index (χ1v) is 6.59. The molecule has 0 amide bonds. The summed E-state index contributed by atoms with van der Waals surface area (Å²) in [7, 11) is 0. The maximum atomic E-state index is 4.24. The molecule has 0 spiro atoms. The van der Waals surface area contributed by atoms with Gasteiger partial charge >= 0.3 is 0 Å². The smallest absolute Gasteiger partial charge is 0.0645 e. The fraction of sp³-hybridized carbons (Fsp3) is 0.400. The lowest BCUT2D eigenvalue weighted by atomic mass is 9.91. The molecule has 0 radical (unpaired) electrons. The number of nitrogens with one attached hydrogen (secondary N) is 1. The molecule has 2 heterocycles. The van der Waals surface area contributed by atoms with Gasteiger partial charge in [-0.25, -0.2) is 4.68 Å². The van der Waals surface area contributed by atoms with Crippen LogP contribution < -0.4 is 5.32 Å². The Bertz CT molecular complexity index is 493. The normalized spacial score (nSPS) is 23.4. The molecule has 1 fully saturated rings. The van der Waals surface area contributed by atoms with E-state index in [-0.39, 0.29) is 5.54 Å². The quantitative estimate of drug-likeness (QED) is 0.895. The van der Waals surface area contributed by atoms with E-state index < -0.39 is 0 Å². The molecular weight excluding hydrogens is 222 g/mol. The van der Waals surface area contributed by atoms with Crippen LogP contribution in [0.15, 0.2) is 42.7 Å². The monoisotopic (exact) mass is 241 g/mol. The summed E-state index contributed by atoms with van der Waals surface area (Å²) < 4.78 is 1.89. The second-order valence-corrected chi connectivity index (χ2v) is 5.38. The molecule has 0 saturated carbocycles. The van der Waals surface area contributed by atoms with Crippen LogP contribution in [0.1, 0.15) is 25.3 Å². The number of hydrogen-bond acceptors (Lipinski definition) is 2. The molecule has 94 valence electrons. The van der Waals surface area contributed by atoms with Crippen LogP contribution in [0.4, 0.5) is 0 Å². The van der Waals surface area contributed by atoms with Crippen LogP contribution in [-0.2, 0) is 6.42 Å². The molecule has 1 aliphatic rings. The van der Waals surface area contributed by atoms with E-state index in [1.165, 1.54) is 18.4 Å². The number of hydrogen-bond donors (Lipinski definition) is 1. The van der Waals surface area contributed by atoms with Gasteiger partial charge in [0.05, 0.1) is 5.69 Å². The first-order valence-electron chi connectivity index (χ1n) is 6.59. The minimum Gasteiger partial charge on any atom is -0.311 e. The van der Waals surface area contributed by atoms with Crippen LogP contribution in [0.2, 0.25) is 0 Å². The third-order valence-electron chi connectivity index (χ3n) is 3.76. The molecule has 1 aromatic heterocycles. The zero-order valence-electron chi connectivity index (χ0n) is 10.8. The summed E-state index contributed by atoms with van der Waals surface area (Å²) in [5, 5.41) is 7.84. The van der Waals surface area contributed by atoms with Crippen molar-refractivity contribution in [3.63, 3.8) is 0 Å². The van der Waals surface area contributed by atoms with E-state index in [9.17, 15) is 0 Å². The van der Waals surface area contributed by atoms with Crippen molar-refractivity contribution in [2.45, 2.75) is 31.7 Å². The van der Waals surface area contributed by atoms with Gasteiger partial charge in [-0.1, -0.05) is 12.1 Å². The second kappa shape index (κ2) is 4.58. The summed E-state index contributed by atoms with van der Waals surface area (Å²) in [6.07, 6.45) is 7.44. The molecule has 1 N–H and O–H groups in total. The Morgan fingerprint density at radius 1 is 1.33 bits per heavy atom. The average Bonchev–Trinajstić information content (AvgIpc) is 3.02. The fourth-order valence-electron chi connectivity index (χ4n) is 2.75. The summed E-state index contributed by atoms with van der Waals surface area (Å²) in [6.45, 7) is 3.48. The van der Waals surface area contributed by atoms with E-state index in [0.717, 1.165) is 18.7 Å². The lowest BCUT2D eigenvalue weighted by molar-refractivity contribution is 0.412. The molecule has 1 atom stereocenters. The van der Waals surface area contributed by atoms with Gasteiger partial charge in [0.2, 0.25) is 0 Å². The molecule has 3 nitrogen and oxygen atoms in total.